The van der Waals surface area contributed by atoms with Gasteiger partial charge in [-0.3, -0.25) is 23.4 Å². The Balaban J connectivity index is 0.000000580. The van der Waals surface area contributed by atoms with Crippen molar-refractivity contribution in [2.24, 2.45) is 0 Å². The summed E-state index contributed by atoms with van der Waals surface area (Å²) in [6.07, 6.45) is 1.78. The molecule has 1 aliphatic heterocycles. The van der Waals surface area contributed by atoms with E-state index in [0.29, 0.717) is 39.5 Å². The quantitative estimate of drug-likeness (QED) is 0.0756. The maximum atomic E-state index is 14.4. The topological polar surface area (TPSA) is 252 Å². The Morgan fingerprint density at radius 1 is 0.905 bits per heavy atom. The van der Waals surface area contributed by atoms with Crippen LogP contribution in [0.15, 0.2) is 71.6 Å². The summed E-state index contributed by atoms with van der Waals surface area (Å²) in [4.78, 5) is 61.6. The lowest BCUT2D eigenvalue weighted by molar-refractivity contribution is -0.170. The molecule has 0 radical (unpaired) electrons. The molecule has 0 bridgehead atoms. The fraction of sp³-hybridized carbons (Fsp3) is 0.364. The first-order chi connectivity index (χ1) is 29.8. The number of hydrogen-bond donors (Lipinski definition) is 5. The Morgan fingerprint density at radius 3 is 2.10 bits per heavy atom. The molecule has 2 atom stereocenters. The molecular weight excluding hydrogens is 881 g/mol. The summed E-state index contributed by atoms with van der Waals surface area (Å²) >= 11 is 12.7. The maximum absolute atomic E-state index is 14.4. The lowest BCUT2D eigenvalue weighted by Crippen LogP contribution is -2.42. The molecule has 4 aromatic rings. The van der Waals surface area contributed by atoms with Crippen molar-refractivity contribution in [3.8, 4) is 17.6 Å². The molecule has 5 N–H and O–H groups in total. The molecule has 16 nitrogen and oxygen atoms in total. The van der Waals surface area contributed by atoms with Crippen LogP contribution in [0.2, 0.25) is 10.0 Å². The van der Waals surface area contributed by atoms with Gasteiger partial charge in [0.05, 0.1) is 59.0 Å². The number of ether oxygens (including phenoxy) is 2. The maximum Gasteiger partial charge on any atom is 0.336 e. The van der Waals surface area contributed by atoms with Gasteiger partial charge in [-0.05, 0) is 97.0 Å². The minimum Gasteiger partial charge on any atom is -0.497 e. The van der Waals surface area contributed by atoms with Gasteiger partial charge in [-0.15, -0.1) is 0 Å². The van der Waals surface area contributed by atoms with E-state index in [4.69, 9.17) is 53.1 Å². The fourth-order valence-corrected chi connectivity index (χ4v) is 8.68. The number of likely N-dealkylation sites (tertiary alicyclic amines) is 1. The molecular formula is C44H47Cl2N3O13S. The van der Waals surface area contributed by atoms with Crippen LogP contribution in [0.3, 0.4) is 0 Å². The van der Waals surface area contributed by atoms with Crippen LogP contribution in [-0.2, 0) is 30.0 Å². The van der Waals surface area contributed by atoms with Crippen LogP contribution >= 0.6 is 23.2 Å². The third-order valence-corrected chi connectivity index (χ3v) is 12.4. The number of benzene rings is 4. The van der Waals surface area contributed by atoms with E-state index in [1.54, 1.807) is 49.8 Å². The average molecular weight is 929 g/mol. The number of carboxylic acids is 4. The van der Waals surface area contributed by atoms with Gasteiger partial charge in [-0.1, -0.05) is 59.6 Å². The number of hydrogen-bond acceptors (Lipinski definition) is 11. The highest BCUT2D eigenvalue weighted by molar-refractivity contribution is 7.84. The van der Waals surface area contributed by atoms with E-state index >= 15 is 0 Å². The van der Waals surface area contributed by atoms with Gasteiger partial charge in [0.15, 0.2) is 5.60 Å². The van der Waals surface area contributed by atoms with Gasteiger partial charge in [-0.2, -0.15) is 5.26 Å². The first kappa shape index (κ1) is 49.9. The average Bonchev–Trinajstić information content (AvgIpc) is 3.24. The SMILES string of the molecule is COc1ccc(C2CCN(CC[C@H](CN(CC(=O)O)C(=O)c3c(OC)c(C#N)cc4ccccc34)c3ccc(Cl)c(Cl)c3)CC2)c([S@](C)=O)c1.O=C(O)CC(O)(CC(=O)O)C(=O)O. The van der Waals surface area contributed by atoms with Crippen LogP contribution < -0.4 is 9.47 Å². The molecule has 1 amide bonds. The summed E-state index contributed by atoms with van der Waals surface area (Å²) in [7, 11) is 1.84. The van der Waals surface area contributed by atoms with E-state index in [1.165, 1.54) is 12.0 Å². The molecule has 1 fully saturated rings. The van der Waals surface area contributed by atoms with E-state index in [-0.39, 0.29) is 35.3 Å². The summed E-state index contributed by atoms with van der Waals surface area (Å²) in [5.41, 5.74) is -0.498. The number of piperidine rings is 1. The van der Waals surface area contributed by atoms with Gasteiger partial charge in [0.2, 0.25) is 0 Å². The van der Waals surface area contributed by atoms with Crippen molar-refractivity contribution in [3.05, 3.63) is 99.0 Å². The fourth-order valence-electron chi connectivity index (χ4n) is 7.52. The van der Waals surface area contributed by atoms with Crippen molar-refractivity contribution in [3.63, 3.8) is 0 Å². The Labute approximate surface area is 375 Å². The van der Waals surface area contributed by atoms with Crippen LogP contribution in [0.1, 0.15) is 71.0 Å². The van der Waals surface area contributed by atoms with E-state index in [1.807, 2.05) is 30.3 Å². The number of carbonyl (C=O) groups is 5. The largest absolute Gasteiger partial charge is 0.497 e. The van der Waals surface area contributed by atoms with Crippen LogP contribution in [0, 0.1) is 11.3 Å². The standard InChI is InChI=1S/C38H39Cl2N3O6S.C6H8O7/c1-48-29-9-10-30(34(20-29)50(3)47)24-12-15-42(16-13-24)17-14-27(25-8-11-32(39)33(40)19-25)22-43(23-35(44)45)38(46)36-31-7-5-4-6-26(31)18-28(21-41)37(36)49-2;7-3(8)1-6(13,5(11)12)2-4(9)10/h4-11,18-20,24,27H,12-17,22-23H2,1-3H3,(H,44,45);13H,1-2H2,(H,7,8)(H,9,10)(H,11,12)/t27-,50+;/m1./s1. The number of fused-ring (bicyclic) bond motifs is 1. The summed E-state index contributed by atoms with van der Waals surface area (Å²) in [6, 6.07) is 22.1. The molecule has 336 valence electrons. The number of halogens is 2. The molecule has 0 saturated carbocycles. The molecule has 0 aliphatic carbocycles. The lowest BCUT2D eigenvalue weighted by atomic mass is 9.88. The van der Waals surface area contributed by atoms with Crippen LogP contribution in [-0.4, -0.2) is 128 Å². The highest BCUT2D eigenvalue weighted by Gasteiger charge is 2.41. The molecule has 4 aromatic carbocycles. The first-order valence-electron chi connectivity index (χ1n) is 19.4. The minimum atomic E-state index is -2.74. The Morgan fingerprint density at radius 2 is 1.56 bits per heavy atom. The van der Waals surface area contributed by atoms with Crippen LogP contribution in [0.4, 0.5) is 0 Å². The third-order valence-electron chi connectivity index (χ3n) is 10.6. The number of amides is 1. The number of carbonyl (C=O) groups excluding carboxylic acids is 1. The van der Waals surface area contributed by atoms with Crippen LogP contribution in [0.5, 0.6) is 11.5 Å². The van der Waals surface area contributed by atoms with Crippen LogP contribution in [0.25, 0.3) is 10.8 Å². The molecule has 0 spiro atoms. The molecule has 63 heavy (non-hydrogen) atoms. The molecule has 0 aromatic heterocycles. The monoisotopic (exact) mass is 927 g/mol. The van der Waals surface area contributed by atoms with E-state index in [0.717, 1.165) is 42.0 Å². The smallest absolute Gasteiger partial charge is 0.336 e. The van der Waals surface area contributed by atoms with Crippen molar-refractivity contribution >= 4 is 74.6 Å². The van der Waals surface area contributed by atoms with E-state index in [9.17, 15) is 38.6 Å². The number of nitriles is 1. The van der Waals surface area contributed by atoms with Crippen molar-refractivity contribution in [2.75, 3.05) is 53.2 Å². The highest BCUT2D eigenvalue weighted by atomic mass is 35.5. The number of carboxylic acid groups (broad SMARTS) is 4. The highest BCUT2D eigenvalue weighted by Crippen LogP contribution is 2.37. The summed E-state index contributed by atoms with van der Waals surface area (Å²) < 4.78 is 23.5. The van der Waals surface area contributed by atoms with Gasteiger partial charge in [0, 0.05) is 23.6 Å². The zero-order valence-corrected chi connectivity index (χ0v) is 36.9. The second kappa shape index (κ2) is 22.5. The van der Waals surface area contributed by atoms with Crippen molar-refractivity contribution in [2.45, 2.75) is 54.4 Å². The molecule has 1 heterocycles. The predicted molar refractivity (Wildman–Crippen MR) is 233 cm³/mol. The number of aliphatic hydroxyl groups is 1. The van der Waals surface area contributed by atoms with Gasteiger partial charge < -0.3 is 44.8 Å². The number of aliphatic carboxylic acids is 4. The van der Waals surface area contributed by atoms with E-state index in [2.05, 4.69) is 11.0 Å². The first-order valence-corrected chi connectivity index (χ1v) is 21.7. The van der Waals surface area contributed by atoms with Gasteiger partial charge in [0.1, 0.15) is 24.1 Å². The normalized spacial score (nSPS) is 14.0. The molecule has 1 aliphatic rings. The van der Waals surface area contributed by atoms with Crippen molar-refractivity contribution < 1.29 is 63.2 Å². The van der Waals surface area contributed by atoms with Crippen molar-refractivity contribution in [1.29, 1.82) is 5.26 Å². The van der Waals surface area contributed by atoms with E-state index < -0.39 is 65.6 Å². The second-order valence-electron chi connectivity index (χ2n) is 14.9. The molecule has 19 heteroatoms. The predicted octanol–water partition coefficient (Wildman–Crippen LogP) is 6.10. The third kappa shape index (κ3) is 13.1. The Hall–Kier alpha value is -5.77. The van der Waals surface area contributed by atoms with Gasteiger partial charge >= 0.3 is 23.9 Å². The van der Waals surface area contributed by atoms with Gasteiger partial charge in [0.25, 0.3) is 5.91 Å². The second-order valence-corrected chi connectivity index (χ2v) is 17.0. The zero-order valence-electron chi connectivity index (χ0n) is 34.6. The Bertz CT molecular complexity index is 2400. The van der Waals surface area contributed by atoms with Crippen molar-refractivity contribution in [1.82, 2.24) is 9.80 Å². The van der Waals surface area contributed by atoms with Gasteiger partial charge in [-0.25, -0.2) is 4.79 Å². The molecule has 1 saturated heterocycles. The summed E-state index contributed by atoms with van der Waals surface area (Å²) in [6.45, 7) is 1.85. The molecule has 5 rings (SSSR count). The number of rotatable bonds is 18. The molecule has 0 unspecified atom stereocenters. The summed E-state index contributed by atoms with van der Waals surface area (Å²) in [5.74, 6) is -5.98. The Kier molecular flexibility index (Phi) is 17.8. The minimum absolute atomic E-state index is 0.0747. The zero-order chi connectivity index (χ0) is 46.6. The lowest BCUT2D eigenvalue weighted by Gasteiger charge is -2.34. The number of nitrogens with zero attached hydrogens (tertiary/aromatic N) is 3. The summed E-state index contributed by atoms with van der Waals surface area (Å²) in [5, 5.41) is 55.6. The number of methoxy groups -OCH3 is 2.